The minimum absolute atomic E-state index is 0.203. The summed E-state index contributed by atoms with van der Waals surface area (Å²) in [5.74, 6) is -0.203. The van der Waals surface area contributed by atoms with Gasteiger partial charge in [-0.15, -0.1) is 11.3 Å². The second kappa shape index (κ2) is 4.48. The van der Waals surface area contributed by atoms with Crippen LogP contribution in [0.5, 0.6) is 0 Å². The van der Waals surface area contributed by atoms with E-state index in [1.165, 1.54) is 27.8 Å². The average molecular weight is 321 g/mol. The molecule has 0 aliphatic heterocycles. The summed E-state index contributed by atoms with van der Waals surface area (Å²) in [6, 6.07) is 13.1. The van der Waals surface area contributed by atoms with Crippen LogP contribution >= 0.6 is 27.3 Å². The van der Waals surface area contributed by atoms with E-state index in [9.17, 15) is 4.39 Å². The second-order valence-electron chi connectivity index (χ2n) is 4.26. The van der Waals surface area contributed by atoms with E-state index in [0.717, 1.165) is 14.9 Å². The van der Waals surface area contributed by atoms with Gasteiger partial charge in [0.2, 0.25) is 0 Å². The van der Waals surface area contributed by atoms with Crippen LogP contribution in [-0.4, -0.2) is 0 Å². The Bertz CT molecular complexity index is 713. The van der Waals surface area contributed by atoms with E-state index in [1.807, 2.05) is 12.1 Å². The van der Waals surface area contributed by atoms with E-state index >= 15 is 0 Å². The van der Waals surface area contributed by atoms with Crippen LogP contribution in [0.15, 0.2) is 46.3 Å². The minimum Gasteiger partial charge on any atom is -0.207 e. The molecule has 0 spiro atoms. The minimum atomic E-state index is -0.203. The molecule has 0 amide bonds. The molecule has 90 valence electrons. The average Bonchev–Trinajstić information content (AvgIpc) is 2.65. The molecule has 0 radical (unpaired) electrons. The van der Waals surface area contributed by atoms with Gasteiger partial charge >= 0.3 is 0 Å². The highest BCUT2D eigenvalue weighted by Gasteiger charge is 2.12. The predicted octanol–water partition coefficient (Wildman–Crippen LogP) is 5.78. The summed E-state index contributed by atoms with van der Waals surface area (Å²) in [5, 5.41) is 1.21. The third-order valence-corrected chi connectivity index (χ3v) is 4.76. The lowest BCUT2D eigenvalue weighted by atomic mass is 10.0. The number of halogens is 2. The van der Waals surface area contributed by atoms with Crippen LogP contribution < -0.4 is 0 Å². The number of aryl methyl sites for hydroxylation is 1. The van der Waals surface area contributed by atoms with Gasteiger partial charge in [0.1, 0.15) is 5.82 Å². The Balaban J connectivity index is 2.28. The second-order valence-corrected chi connectivity index (χ2v) is 6.63. The lowest BCUT2D eigenvalue weighted by Crippen LogP contribution is -1.78. The first-order valence-electron chi connectivity index (χ1n) is 5.60. The molecule has 0 fully saturated rings. The van der Waals surface area contributed by atoms with Gasteiger partial charge in [0.05, 0.1) is 3.79 Å². The molecule has 0 N–H and O–H groups in total. The van der Waals surface area contributed by atoms with Crippen molar-refractivity contribution >= 4 is 37.4 Å². The van der Waals surface area contributed by atoms with E-state index in [1.54, 1.807) is 11.3 Å². The van der Waals surface area contributed by atoms with E-state index in [2.05, 4.69) is 41.1 Å². The Labute approximate surface area is 117 Å². The third-order valence-electron chi connectivity index (χ3n) is 2.94. The van der Waals surface area contributed by atoms with Crippen molar-refractivity contribution < 1.29 is 4.39 Å². The predicted molar refractivity (Wildman–Crippen MR) is 79.7 cm³/mol. The van der Waals surface area contributed by atoms with Gasteiger partial charge in [-0.1, -0.05) is 24.3 Å². The maximum atomic E-state index is 13.0. The van der Waals surface area contributed by atoms with Crippen molar-refractivity contribution in [1.29, 1.82) is 0 Å². The van der Waals surface area contributed by atoms with Crippen LogP contribution in [0, 0.1) is 12.7 Å². The standard InChI is InChI=1S/C15H10BrFS/c1-9-2-7-12-13(8-9)18-15(16)14(12)10-3-5-11(17)6-4-10/h2-8H,1H3. The molecule has 2 aromatic carbocycles. The molecule has 0 aliphatic rings. The zero-order valence-corrected chi connectivity index (χ0v) is 12.1. The molecule has 1 heterocycles. The van der Waals surface area contributed by atoms with Crippen molar-refractivity contribution in [3.8, 4) is 11.1 Å². The molecule has 18 heavy (non-hydrogen) atoms. The van der Waals surface area contributed by atoms with E-state index < -0.39 is 0 Å². The Kier molecular flexibility index (Phi) is 2.96. The lowest BCUT2D eigenvalue weighted by Gasteiger charge is -2.01. The Morgan fingerprint density at radius 2 is 1.78 bits per heavy atom. The van der Waals surface area contributed by atoms with E-state index in [0.29, 0.717) is 0 Å². The molecule has 1 aromatic heterocycles. The summed E-state index contributed by atoms with van der Waals surface area (Å²) in [4.78, 5) is 0. The molecule has 0 saturated carbocycles. The number of hydrogen-bond donors (Lipinski definition) is 0. The Morgan fingerprint density at radius 3 is 2.50 bits per heavy atom. The fourth-order valence-corrected chi connectivity index (χ4v) is 4.07. The Hall–Kier alpha value is -1.19. The number of thiophene rings is 1. The van der Waals surface area contributed by atoms with Gasteiger partial charge in [-0.05, 0) is 52.2 Å². The van der Waals surface area contributed by atoms with E-state index in [-0.39, 0.29) is 5.82 Å². The molecule has 3 heteroatoms. The molecule has 0 saturated heterocycles. The van der Waals surface area contributed by atoms with Crippen LogP contribution in [0.4, 0.5) is 4.39 Å². The number of fused-ring (bicyclic) bond motifs is 1. The monoisotopic (exact) mass is 320 g/mol. The fraction of sp³-hybridized carbons (Fsp3) is 0.0667. The van der Waals surface area contributed by atoms with Crippen molar-refractivity contribution in [3.63, 3.8) is 0 Å². The molecule has 0 atom stereocenters. The summed E-state index contributed by atoms with van der Waals surface area (Å²) in [5.41, 5.74) is 3.44. The zero-order valence-electron chi connectivity index (χ0n) is 9.71. The smallest absolute Gasteiger partial charge is 0.123 e. The van der Waals surface area contributed by atoms with Crippen LogP contribution in [0.3, 0.4) is 0 Å². The topological polar surface area (TPSA) is 0 Å². The Morgan fingerprint density at radius 1 is 1.06 bits per heavy atom. The normalized spacial score (nSPS) is 11.1. The molecule has 3 aromatic rings. The van der Waals surface area contributed by atoms with Crippen LogP contribution in [0.1, 0.15) is 5.56 Å². The van der Waals surface area contributed by atoms with Crippen LogP contribution in [0.2, 0.25) is 0 Å². The summed E-state index contributed by atoms with van der Waals surface area (Å²) in [7, 11) is 0. The highest BCUT2D eigenvalue weighted by atomic mass is 79.9. The maximum absolute atomic E-state index is 13.0. The largest absolute Gasteiger partial charge is 0.207 e. The number of benzene rings is 2. The van der Waals surface area contributed by atoms with Crippen molar-refractivity contribution in [3.05, 3.63) is 57.6 Å². The fourth-order valence-electron chi connectivity index (χ4n) is 2.06. The zero-order chi connectivity index (χ0) is 12.7. The SMILES string of the molecule is Cc1ccc2c(-c3ccc(F)cc3)c(Br)sc2c1. The van der Waals surface area contributed by atoms with Gasteiger partial charge in [-0.2, -0.15) is 0 Å². The first-order chi connectivity index (χ1) is 8.65. The number of rotatable bonds is 1. The molecule has 0 bridgehead atoms. The van der Waals surface area contributed by atoms with E-state index in [4.69, 9.17) is 0 Å². The first kappa shape index (κ1) is 11.9. The van der Waals surface area contributed by atoms with Crippen molar-refractivity contribution in [2.75, 3.05) is 0 Å². The van der Waals surface area contributed by atoms with Gasteiger partial charge in [-0.3, -0.25) is 0 Å². The first-order valence-corrected chi connectivity index (χ1v) is 7.21. The van der Waals surface area contributed by atoms with Gasteiger partial charge in [-0.25, -0.2) is 4.39 Å². The number of hydrogen-bond acceptors (Lipinski definition) is 1. The van der Waals surface area contributed by atoms with Gasteiger partial charge in [0.25, 0.3) is 0 Å². The summed E-state index contributed by atoms with van der Waals surface area (Å²) in [6.45, 7) is 2.09. The summed E-state index contributed by atoms with van der Waals surface area (Å²) >= 11 is 5.33. The molecule has 0 aliphatic carbocycles. The maximum Gasteiger partial charge on any atom is 0.123 e. The van der Waals surface area contributed by atoms with Crippen molar-refractivity contribution in [2.45, 2.75) is 6.92 Å². The quantitative estimate of drug-likeness (QED) is 0.533. The van der Waals surface area contributed by atoms with Gasteiger partial charge in [0, 0.05) is 15.6 Å². The van der Waals surface area contributed by atoms with Crippen molar-refractivity contribution in [2.24, 2.45) is 0 Å². The molecular formula is C15H10BrFS. The highest BCUT2D eigenvalue weighted by Crippen LogP contribution is 2.42. The third kappa shape index (κ3) is 1.98. The van der Waals surface area contributed by atoms with Crippen LogP contribution in [-0.2, 0) is 0 Å². The highest BCUT2D eigenvalue weighted by molar-refractivity contribution is 9.11. The molecule has 3 rings (SSSR count). The van der Waals surface area contributed by atoms with Crippen LogP contribution in [0.25, 0.3) is 21.2 Å². The lowest BCUT2D eigenvalue weighted by molar-refractivity contribution is 0.628. The molecule has 0 unspecified atom stereocenters. The molecular weight excluding hydrogens is 311 g/mol. The van der Waals surface area contributed by atoms with Gasteiger partial charge in [0.15, 0.2) is 0 Å². The van der Waals surface area contributed by atoms with Crippen molar-refractivity contribution in [1.82, 2.24) is 0 Å². The summed E-state index contributed by atoms with van der Waals surface area (Å²) < 4.78 is 15.3. The molecule has 0 nitrogen and oxygen atoms in total. The summed E-state index contributed by atoms with van der Waals surface area (Å²) in [6.07, 6.45) is 0. The van der Waals surface area contributed by atoms with Gasteiger partial charge < -0.3 is 0 Å².